The van der Waals surface area contributed by atoms with Crippen LogP contribution >= 0.6 is 12.6 Å². The molecule has 0 aliphatic heterocycles. The van der Waals surface area contributed by atoms with Gasteiger partial charge in [-0.1, -0.05) is 12.1 Å². The second-order valence-corrected chi connectivity index (χ2v) is 5.75. The van der Waals surface area contributed by atoms with Crippen molar-refractivity contribution in [2.45, 2.75) is 25.7 Å². The average molecular weight is 329 g/mol. The maximum absolute atomic E-state index is 12.2. The number of nitrogens with one attached hydrogen (secondary N) is 2. The molecule has 0 heterocycles. The van der Waals surface area contributed by atoms with E-state index in [-0.39, 0.29) is 6.03 Å². The SMILES string of the molecule is CCN(CC)c1ccc(NC(=O)Nc2ccccc2S)c(C)c1. The lowest BCUT2D eigenvalue weighted by Crippen LogP contribution is -2.22. The van der Waals surface area contributed by atoms with Crippen molar-refractivity contribution in [1.82, 2.24) is 0 Å². The molecule has 2 aromatic carbocycles. The average Bonchev–Trinajstić information content (AvgIpc) is 2.53. The quantitative estimate of drug-likeness (QED) is 0.692. The van der Waals surface area contributed by atoms with E-state index in [1.807, 2.05) is 43.3 Å². The van der Waals surface area contributed by atoms with E-state index in [9.17, 15) is 4.79 Å². The number of para-hydroxylation sites is 1. The van der Waals surface area contributed by atoms with Gasteiger partial charge in [-0.3, -0.25) is 0 Å². The molecule has 0 aromatic heterocycles. The van der Waals surface area contributed by atoms with Gasteiger partial charge in [-0.25, -0.2) is 4.79 Å². The number of hydrogen-bond acceptors (Lipinski definition) is 3. The fourth-order valence-electron chi connectivity index (χ4n) is 2.43. The third-order valence-corrected chi connectivity index (χ3v) is 4.13. The van der Waals surface area contributed by atoms with Gasteiger partial charge < -0.3 is 15.5 Å². The summed E-state index contributed by atoms with van der Waals surface area (Å²) >= 11 is 4.33. The highest BCUT2D eigenvalue weighted by atomic mass is 32.1. The van der Waals surface area contributed by atoms with Crippen molar-refractivity contribution in [3.05, 3.63) is 48.0 Å². The van der Waals surface area contributed by atoms with Crippen LogP contribution in [0.1, 0.15) is 19.4 Å². The Hall–Kier alpha value is -2.14. The third-order valence-electron chi connectivity index (χ3n) is 3.74. The fraction of sp³-hybridized carbons (Fsp3) is 0.278. The highest BCUT2D eigenvalue weighted by Crippen LogP contribution is 2.23. The molecule has 0 spiro atoms. The predicted octanol–water partition coefficient (Wildman–Crippen LogP) is 4.77. The first-order valence-electron chi connectivity index (χ1n) is 7.76. The first kappa shape index (κ1) is 17.2. The zero-order valence-electron chi connectivity index (χ0n) is 13.8. The minimum Gasteiger partial charge on any atom is -0.372 e. The number of thiol groups is 1. The molecule has 122 valence electrons. The highest BCUT2D eigenvalue weighted by Gasteiger charge is 2.09. The summed E-state index contributed by atoms with van der Waals surface area (Å²) in [7, 11) is 0. The zero-order valence-corrected chi connectivity index (χ0v) is 14.7. The second kappa shape index (κ2) is 7.92. The van der Waals surface area contributed by atoms with E-state index in [1.54, 1.807) is 0 Å². The van der Waals surface area contributed by atoms with Gasteiger partial charge in [0.2, 0.25) is 0 Å². The lowest BCUT2D eigenvalue weighted by Gasteiger charge is -2.22. The summed E-state index contributed by atoms with van der Waals surface area (Å²) in [6, 6.07) is 13.2. The molecule has 23 heavy (non-hydrogen) atoms. The van der Waals surface area contributed by atoms with Crippen LogP contribution in [-0.4, -0.2) is 19.1 Å². The maximum atomic E-state index is 12.2. The topological polar surface area (TPSA) is 44.4 Å². The summed E-state index contributed by atoms with van der Waals surface area (Å²) in [4.78, 5) is 15.2. The molecule has 0 aliphatic carbocycles. The molecule has 0 atom stereocenters. The summed E-state index contributed by atoms with van der Waals surface area (Å²) in [5.74, 6) is 0. The van der Waals surface area contributed by atoms with Crippen LogP contribution in [0, 0.1) is 6.92 Å². The molecule has 2 amide bonds. The zero-order chi connectivity index (χ0) is 16.8. The van der Waals surface area contributed by atoms with E-state index in [2.05, 4.69) is 48.1 Å². The Morgan fingerprint density at radius 2 is 1.70 bits per heavy atom. The van der Waals surface area contributed by atoms with Crippen LogP contribution in [0.25, 0.3) is 0 Å². The summed E-state index contributed by atoms with van der Waals surface area (Å²) in [5.41, 5.74) is 3.68. The Bertz CT molecular complexity index is 684. The van der Waals surface area contributed by atoms with E-state index in [0.29, 0.717) is 5.69 Å². The Kier molecular flexibility index (Phi) is 5.93. The highest BCUT2D eigenvalue weighted by molar-refractivity contribution is 7.80. The number of carbonyl (C=O) groups is 1. The van der Waals surface area contributed by atoms with Crippen molar-refractivity contribution >= 4 is 35.7 Å². The molecule has 0 saturated heterocycles. The number of rotatable bonds is 5. The summed E-state index contributed by atoms with van der Waals surface area (Å²) < 4.78 is 0. The number of urea groups is 1. The number of aryl methyl sites for hydroxylation is 1. The van der Waals surface area contributed by atoms with Crippen molar-refractivity contribution in [3.63, 3.8) is 0 Å². The lowest BCUT2D eigenvalue weighted by molar-refractivity contribution is 0.262. The first-order valence-corrected chi connectivity index (χ1v) is 8.21. The molecule has 2 rings (SSSR count). The Labute approximate surface area is 143 Å². The van der Waals surface area contributed by atoms with Crippen molar-refractivity contribution in [2.24, 2.45) is 0 Å². The van der Waals surface area contributed by atoms with E-state index in [1.165, 1.54) is 5.69 Å². The minimum atomic E-state index is -0.273. The standard InChI is InChI=1S/C18H23N3OS/c1-4-21(5-2)14-10-11-15(13(3)12-14)19-18(22)20-16-8-6-7-9-17(16)23/h6-12,23H,4-5H2,1-3H3,(H2,19,20,22). The van der Waals surface area contributed by atoms with E-state index >= 15 is 0 Å². The minimum absolute atomic E-state index is 0.273. The van der Waals surface area contributed by atoms with Gasteiger partial charge in [-0.05, 0) is 56.7 Å². The van der Waals surface area contributed by atoms with E-state index in [4.69, 9.17) is 0 Å². The summed E-state index contributed by atoms with van der Waals surface area (Å²) in [6.45, 7) is 8.18. The third kappa shape index (κ3) is 4.42. The Balaban J connectivity index is 2.08. The molecule has 0 radical (unpaired) electrons. The molecule has 0 saturated carbocycles. The Morgan fingerprint density at radius 1 is 1.04 bits per heavy atom. The molecule has 0 fully saturated rings. The number of carbonyl (C=O) groups excluding carboxylic acids is 1. The van der Waals surface area contributed by atoms with Crippen LogP contribution < -0.4 is 15.5 Å². The molecular formula is C18H23N3OS. The molecule has 2 aromatic rings. The Morgan fingerprint density at radius 3 is 2.30 bits per heavy atom. The molecule has 2 N–H and O–H groups in total. The maximum Gasteiger partial charge on any atom is 0.323 e. The van der Waals surface area contributed by atoms with Gasteiger partial charge in [0.1, 0.15) is 0 Å². The van der Waals surface area contributed by atoms with Gasteiger partial charge >= 0.3 is 6.03 Å². The summed E-state index contributed by atoms with van der Waals surface area (Å²) in [5, 5.41) is 5.69. The van der Waals surface area contributed by atoms with Gasteiger partial charge in [0.25, 0.3) is 0 Å². The lowest BCUT2D eigenvalue weighted by atomic mass is 10.1. The predicted molar refractivity (Wildman–Crippen MR) is 101 cm³/mol. The molecule has 4 nitrogen and oxygen atoms in total. The molecule has 5 heteroatoms. The van der Waals surface area contributed by atoms with Gasteiger partial charge in [0.05, 0.1) is 5.69 Å². The number of amides is 2. The van der Waals surface area contributed by atoms with Crippen LogP contribution in [0.4, 0.5) is 21.9 Å². The van der Waals surface area contributed by atoms with Crippen molar-refractivity contribution in [2.75, 3.05) is 28.6 Å². The van der Waals surface area contributed by atoms with E-state index in [0.717, 1.165) is 29.2 Å². The van der Waals surface area contributed by atoms with Crippen LogP contribution in [0.2, 0.25) is 0 Å². The summed E-state index contributed by atoms with van der Waals surface area (Å²) in [6.07, 6.45) is 0. The van der Waals surface area contributed by atoms with Gasteiger partial charge in [0.15, 0.2) is 0 Å². The smallest absolute Gasteiger partial charge is 0.323 e. The molecule has 0 unspecified atom stereocenters. The normalized spacial score (nSPS) is 10.3. The number of hydrogen-bond donors (Lipinski definition) is 3. The van der Waals surface area contributed by atoms with Gasteiger partial charge in [-0.15, -0.1) is 12.6 Å². The van der Waals surface area contributed by atoms with Crippen molar-refractivity contribution in [1.29, 1.82) is 0 Å². The molecular weight excluding hydrogens is 306 g/mol. The number of anilines is 3. The number of benzene rings is 2. The van der Waals surface area contributed by atoms with Gasteiger partial charge in [0, 0.05) is 29.4 Å². The second-order valence-electron chi connectivity index (χ2n) is 5.27. The fourth-order valence-corrected chi connectivity index (χ4v) is 2.65. The van der Waals surface area contributed by atoms with E-state index < -0.39 is 0 Å². The van der Waals surface area contributed by atoms with Gasteiger partial charge in [-0.2, -0.15) is 0 Å². The van der Waals surface area contributed by atoms with Crippen LogP contribution in [0.3, 0.4) is 0 Å². The number of nitrogens with zero attached hydrogens (tertiary/aromatic N) is 1. The van der Waals surface area contributed by atoms with Crippen LogP contribution in [0.15, 0.2) is 47.4 Å². The van der Waals surface area contributed by atoms with Crippen LogP contribution in [-0.2, 0) is 0 Å². The largest absolute Gasteiger partial charge is 0.372 e. The molecule has 0 aliphatic rings. The van der Waals surface area contributed by atoms with Crippen molar-refractivity contribution in [3.8, 4) is 0 Å². The molecule has 0 bridgehead atoms. The van der Waals surface area contributed by atoms with Crippen molar-refractivity contribution < 1.29 is 4.79 Å². The monoisotopic (exact) mass is 329 g/mol. The van der Waals surface area contributed by atoms with Crippen LogP contribution in [0.5, 0.6) is 0 Å². The first-order chi connectivity index (χ1) is 11.0.